The van der Waals surface area contributed by atoms with Crippen LogP contribution in [0.2, 0.25) is 0 Å². The van der Waals surface area contributed by atoms with Crippen LogP contribution in [-0.2, 0) is 0 Å². The molecular weight excluding hydrogens is 366 g/mol. The number of oxime groups is 1. The minimum atomic E-state index is -1.65. The second-order valence-corrected chi connectivity index (χ2v) is 6.11. The predicted molar refractivity (Wildman–Crippen MR) is 88.9 cm³/mol. The number of ether oxygens (including phenoxy) is 1. The number of nitrogens with zero attached hydrogens (tertiary/aromatic N) is 3. The Labute approximate surface area is 152 Å². The number of halogens is 4. The normalized spacial score (nSPS) is 15.6. The second-order valence-electron chi connectivity index (χ2n) is 6.11. The molecule has 0 bridgehead atoms. The standard InChI is InChI=1S/C18H17F4N3O2/c19-12-9-13(20)16(22)17(15(12)21)27-14-6-5-11(10-23-14)18(24-26)25-7-3-1-2-4-8-25/h5-6,9-10,26H,1-4,7-8H2/b24-18-. The lowest BCUT2D eigenvalue weighted by atomic mass is 10.2. The van der Waals surface area contributed by atoms with Gasteiger partial charge >= 0.3 is 0 Å². The van der Waals surface area contributed by atoms with Crippen LogP contribution in [0.1, 0.15) is 31.2 Å². The molecule has 3 rings (SSSR count). The Bertz CT molecular complexity index is 809. The van der Waals surface area contributed by atoms with E-state index in [9.17, 15) is 22.8 Å². The van der Waals surface area contributed by atoms with Crippen molar-refractivity contribution >= 4 is 5.84 Å². The summed E-state index contributed by atoms with van der Waals surface area (Å²) in [5.41, 5.74) is 0.470. The van der Waals surface area contributed by atoms with Gasteiger partial charge in [0.1, 0.15) is 0 Å². The zero-order chi connectivity index (χ0) is 19.4. The van der Waals surface area contributed by atoms with E-state index >= 15 is 0 Å². The highest BCUT2D eigenvalue weighted by Crippen LogP contribution is 2.30. The molecule has 1 saturated heterocycles. The quantitative estimate of drug-likeness (QED) is 0.213. The van der Waals surface area contributed by atoms with Gasteiger partial charge in [0.05, 0.1) is 0 Å². The zero-order valence-electron chi connectivity index (χ0n) is 14.3. The van der Waals surface area contributed by atoms with E-state index in [2.05, 4.69) is 10.1 Å². The minimum Gasteiger partial charge on any atom is -0.433 e. The van der Waals surface area contributed by atoms with Crippen molar-refractivity contribution in [3.8, 4) is 11.6 Å². The van der Waals surface area contributed by atoms with E-state index in [1.807, 2.05) is 4.90 Å². The summed E-state index contributed by atoms with van der Waals surface area (Å²) in [5, 5.41) is 12.7. The molecule has 0 atom stereocenters. The lowest BCUT2D eigenvalue weighted by molar-refractivity contribution is 0.301. The molecule has 0 radical (unpaired) electrons. The maximum Gasteiger partial charge on any atom is 0.219 e. The van der Waals surface area contributed by atoms with Crippen molar-refractivity contribution < 1.29 is 27.5 Å². The van der Waals surface area contributed by atoms with Gasteiger partial charge in [-0.05, 0) is 18.9 Å². The first-order valence-electron chi connectivity index (χ1n) is 8.45. The highest BCUT2D eigenvalue weighted by atomic mass is 19.2. The summed E-state index contributed by atoms with van der Waals surface area (Å²) in [7, 11) is 0. The van der Waals surface area contributed by atoms with Crippen molar-refractivity contribution in [3.63, 3.8) is 0 Å². The van der Waals surface area contributed by atoms with E-state index in [0.29, 0.717) is 11.4 Å². The average Bonchev–Trinajstić information content (AvgIpc) is 2.95. The number of benzene rings is 1. The molecule has 144 valence electrons. The Balaban J connectivity index is 1.81. The van der Waals surface area contributed by atoms with Crippen LogP contribution >= 0.6 is 0 Å². The van der Waals surface area contributed by atoms with Gasteiger partial charge in [-0.1, -0.05) is 18.0 Å². The zero-order valence-corrected chi connectivity index (χ0v) is 14.3. The molecule has 2 heterocycles. The second kappa shape index (κ2) is 8.24. The fourth-order valence-electron chi connectivity index (χ4n) is 2.90. The molecule has 1 fully saturated rings. The third kappa shape index (κ3) is 4.12. The number of amidine groups is 1. The van der Waals surface area contributed by atoms with Crippen molar-refractivity contribution in [2.75, 3.05) is 13.1 Å². The van der Waals surface area contributed by atoms with E-state index in [4.69, 9.17) is 4.74 Å². The highest BCUT2D eigenvalue weighted by molar-refractivity contribution is 5.98. The van der Waals surface area contributed by atoms with Crippen LogP contribution in [0, 0.1) is 23.3 Å². The van der Waals surface area contributed by atoms with Gasteiger partial charge in [0, 0.05) is 37.0 Å². The molecule has 0 unspecified atom stereocenters. The Morgan fingerprint density at radius 3 is 2.15 bits per heavy atom. The Morgan fingerprint density at radius 1 is 1.00 bits per heavy atom. The average molecular weight is 383 g/mol. The molecule has 1 aliphatic heterocycles. The summed E-state index contributed by atoms with van der Waals surface area (Å²) in [4.78, 5) is 5.81. The highest BCUT2D eigenvalue weighted by Gasteiger charge is 2.22. The summed E-state index contributed by atoms with van der Waals surface area (Å²) < 4.78 is 58.7. The lowest BCUT2D eigenvalue weighted by Crippen LogP contribution is -2.32. The molecule has 2 aromatic rings. The van der Waals surface area contributed by atoms with E-state index in [1.165, 1.54) is 18.3 Å². The number of likely N-dealkylation sites (tertiary alicyclic amines) is 1. The molecule has 0 saturated carbocycles. The van der Waals surface area contributed by atoms with Crippen molar-refractivity contribution in [1.82, 2.24) is 9.88 Å². The van der Waals surface area contributed by atoms with E-state index < -0.39 is 29.0 Å². The van der Waals surface area contributed by atoms with E-state index in [1.54, 1.807) is 0 Å². The minimum absolute atomic E-state index is 0.0965. The van der Waals surface area contributed by atoms with Gasteiger partial charge in [-0.15, -0.1) is 0 Å². The predicted octanol–water partition coefficient (Wildman–Crippen LogP) is 4.44. The summed E-state index contributed by atoms with van der Waals surface area (Å²) in [6.07, 6.45) is 5.43. The molecule has 0 aliphatic carbocycles. The Kier molecular flexibility index (Phi) is 5.78. The summed E-state index contributed by atoms with van der Waals surface area (Å²) in [6.45, 7) is 1.47. The first-order valence-corrected chi connectivity index (χ1v) is 8.45. The maximum atomic E-state index is 13.7. The van der Waals surface area contributed by atoms with Gasteiger partial charge in [0.15, 0.2) is 17.5 Å². The SMILES string of the molecule is O/N=C(/c1ccc(Oc2c(F)c(F)cc(F)c2F)nc1)N1CCCCCC1. The third-order valence-corrected chi connectivity index (χ3v) is 4.27. The lowest BCUT2D eigenvalue weighted by Gasteiger charge is -2.23. The van der Waals surface area contributed by atoms with E-state index in [-0.39, 0.29) is 11.9 Å². The van der Waals surface area contributed by atoms with Crippen molar-refractivity contribution in [1.29, 1.82) is 0 Å². The molecule has 5 nitrogen and oxygen atoms in total. The summed E-state index contributed by atoms with van der Waals surface area (Å²) in [6, 6.07) is 2.84. The van der Waals surface area contributed by atoms with Gasteiger partial charge in [0.25, 0.3) is 0 Å². The van der Waals surface area contributed by atoms with Crippen molar-refractivity contribution in [2.24, 2.45) is 5.16 Å². The van der Waals surface area contributed by atoms with Crippen molar-refractivity contribution in [3.05, 3.63) is 53.2 Å². The molecule has 1 aromatic heterocycles. The van der Waals surface area contributed by atoms with Gasteiger partial charge in [-0.3, -0.25) is 0 Å². The Morgan fingerprint density at radius 2 is 1.63 bits per heavy atom. The van der Waals surface area contributed by atoms with E-state index in [0.717, 1.165) is 38.8 Å². The number of aromatic nitrogens is 1. The molecule has 1 aliphatic rings. The summed E-state index contributed by atoms with van der Waals surface area (Å²) in [5.74, 6) is -7.60. The van der Waals surface area contributed by atoms with Crippen LogP contribution in [0.15, 0.2) is 29.6 Å². The van der Waals surface area contributed by atoms with Gasteiger partial charge in [0.2, 0.25) is 23.3 Å². The fourth-order valence-corrected chi connectivity index (χ4v) is 2.90. The first-order chi connectivity index (χ1) is 13.0. The van der Waals surface area contributed by atoms with Crippen LogP contribution in [0.4, 0.5) is 17.6 Å². The Hall–Kier alpha value is -2.84. The molecular formula is C18H17F4N3O2. The molecule has 1 aromatic carbocycles. The van der Waals surface area contributed by atoms with Crippen LogP contribution in [0.25, 0.3) is 0 Å². The number of hydrogen-bond acceptors (Lipinski definition) is 4. The largest absolute Gasteiger partial charge is 0.433 e. The number of hydrogen-bond donors (Lipinski definition) is 1. The molecule has 27 heavy (non-hydrogen) atoms. The monoisotopic (exact) mass is 383 g/mol. The van der Waals surface area contributed by atoms with Gasteiger partial charge in [-0.25, -0.2) is 13.8 Å². The number of rotatable bonds is 3. The third-order valence-electron chi connectivity index (χ3n) is 4.27. The molecule has 0 amide bonds. The molecule has 9 heteroatoms. The topological polar surface area (TPSA) is 58.0 Å². The number of pyridine rings is 1. The van der Waals surface area contributed by atoms with Crippen LogP contribution in [0.3, 0.4) is 0 Å². The smallest absolute Gasteiger partial charge is 0.219 e. The maximum absolute atomic E-state index is 13.7. The van der Waals surface area contributed by atoms with Crippen molar-refractivity contribution in [2.45, 2.75) is 25.7 Å². The van der Waals surface area contributed by atoms with Crippen LogP contribution in [0.5, 0.6) is 11.6 Å². The van der Waals surface area contributed by atoms with Gasteiger partial charge < -0.3 is 14.8 Å². The summed E-state index contributed by atoms with van der Waals surface area (Å²) >= 11 is 0. The first kappa shape index (κ1) is 18.9. The van der Waals surface area contributed by atoms with Crippen LogP contribution in [-0.4, -0.2) is 34.0 Å². The fraction of sp³-hybridized carbons (Fsp3) is 0.333. The molecule has 0 spiro atoms. The van der Waals surface area contributed by atoms with Gasteiger partial charge in [-0.2, -0.15) is 8.78 Å². The van der Waals surface area contributed by atoms with Crippen LogP contribution < -0.4 is 4.74 Å². The molecule has 1 N–H and O–H groups in total.